The number of nitrogens with one attached hydrogen (secondary N) is 1. The van der Waals surface area contributed by atoms with Crippen LogP contribution in [0.2, 0.25) is 0 Å². The van der Waals surface area contributed by atoms with Crippen LogP contribution in [0.25, 0.3) is 12.2 Å². The molecule has 0 spiro atoms. The zero-order valence-electron chi connectivity index (χ0n) is 19.8. The van der Waals surface area contributed by atoms with Crippen molar-refractivity contribution in [1.29, 1.82) is 0 Å². The minimum Gasteiger partial charge on any atom is -0.340 e. The predicted octanol–water partition coefficient (Wildman–Crippen LogP) is 4.35. The van der Waals surface area contributed by atoms with Gasteiger partial charge in [0.1, 0.15) is 12.1 Å². The highest BCUT2D eigenvalue weighted by Gasteiger charge is 2.23. The van der Waals surface area contributed by atoms with Crippen LogP contribution < -0.4 is 10.2 Å². The van der Waals surface area contributed by atoms with E-state index < -0.39 is 0 Å². The highest BCUT2D eigenvalue weighted by molar-refractivity contribution is 5.95. The molecule has 0 aliphatic carbocycles. The fraction of sp³-hybridized carbons (Fsp3) is 0.269. The van der Waals surface area contributed by atoms with Gasteiger partial charge in [-0.25, -0.2) is 19.9 Å². The summed E-state index contributed by atoms with van der Waals surface area (Å²) in [7, 11) is 0. The molecule has 1 fully saturated rings. The SMILES string of the molecule is C/C=C\c1ncnc(Nc2cccc(C(=O)N3CCN(c4ncc(C)cn4)CC3)c2)c1/C=C\C. The molecule has 1 aromatic carbocycles. The Kier molecular flexibility index (Phi) is 7.27. The fourth-order valence-electron chi connectivity index (χ4n) is 3.84. The van der Waals surface area contributed by atoms with Gasteiger partial charge in [-0.05, 0) is 50.6 Å². The van der Waals surface area contributed by atoms with E-state index in [1.54, 1.807) is 0 Å². The van der Waals surface area contributed by atoms with E-state index in [9.17, 15) is 4.79 Å². The maximum Gasteiger partial charge on any atom is 0.254 e. The standard InChI is InChI=1S/C26H29N7O/c1-4-7-22-23(8-5-2)29-18-30-24(22)31-21-10-6-9-20(15-21)25(34)32-11-13-33(14-12-32)26-27-16-19(3)17-28-26/h4-10,15-18H,11-14H2,1-3H3,(H,29,30,31)/b7-4-,8-5-. The third-order valence-electron chi connectivity index (χ3n) is 5.56. The van der Waals surface area contributed by atoms with Crippen molar-refractivity contribution in [2.24, 2.45) is 0 Å². The Balaban J connectivity index is 1.46. The molecule has 3 aromatic rings. The van der Waals surface area contributed by atoms with Crippen LogP contribution in [0.3, 0.4) is 0 Å². The number of aromatic nitrogens is 4. The van der Waals surface area contributed by atoms with E-state index in [1.807, 2.05) is 86.6 Å². The van der Waals surface area contributed by atoms with Crippen LogP contribution in [-0.4, -0.2) is 56.9 Å². The van der Waals surface area contributed by atoms with E-state index >= 15 is 0 Å². The molecule has 34 heavy (non-hydrogen) atoms. The number of nitrogens with zero attached hydrogens (tertiary/aromatic N) is 6. The van der Waals surface area contributed by atoms with E-state index in [-0.39, 0.29) is 5.91 Å². The van der Waals surface area contributed by atoms with E-state index in [4.69, 9.17) is 0 Å². The first-order chi connectivity index (χ1) is 16.6. The summed E-state index contributed by atoms with van der Waals surface area (Å²) in [5.41, 5.74) is 4.20. The Bertz CT molecular complexity index is 1200. The number of carbonyl (C=O) groups excluding carboxylic acids is 1. The van der Waals surface area contributed by atoms with Crippen molar-refractivity contribution in [2.45, 2.75) is 20.8 Å². The number of hydrogen-bond acceptors (Lipinski definition) is 7. The molecule has 0 unspecified atom stereocenters. The third kappa shape index (κ3) is 5.28. The molecule has 1 aliphatic heterocycles. The number of piperazine rings is 1. The normalized spacial score (nSPS) is 14.2. The lowest BCUT2D eigenvalue weighted by atomic mass is 10.1. The lowest BCUT2D eigenvalue weighted by Gasteiger charge is -2.34. The first-order valence-electron chi connectivity index (χ1n) is 11.4. The maximum atomic E-state index is 13.2. The summed E-state index contributed by atoms with van der Waals surface area (Å²) >= 11 is 0. The number of carbonyl (C=O) groups is 1. The molecule has 8 nitrogen and oxygen atoms in total. The van der Waals surface area contributed by atoms with Crippen LogP contribution in [0.15, 0.2) is 55.1 Å². The number of amides is 1. The van der Waals surface area contributed by atoms with E-state index in [0.29, 0.717) is 43.5 Å². The maximum absolute atomic E-state index is 13.2. The molecule has 8 heteroatoms. The smallest absolute Gasteiger partial charge is 0.254 e. The van der Waals surface area contributed by atoms with Gasteiger partial charge in [-0.15, -0.1) is 0 Å². The first-order valence-corrected chi connectivity index (χ1v) is 11.4. The molecule has 1 amide bonds. The molecule has 2 aromatic heterocycles. The largest absolute Gasteiger partial charge is 0.340 e. The first kappa shape index (κ1) is 23.1. The fourth-order valence-corrected chi connectivity index (χ4v) is 3.84. The molecule has 1 aliphatic rings. The molecule has 4 rings (SSSR count). The van der Waals surface area contributed by atoms with Crippen LogP contribution >= 0.6 is 0 Å². The van der Waals surface area contributed by atoms with Gasteiger partial charge < -0.3 is 15.1 Å². The number of allylic oxidation sites excluding steroid dienone is 2. The molecular weight excluding hydrogens is 426 g/mol. The van der Waals surface area contributed by atoms with Gasteiger partial charge in [0, 0.05) is 55.4 Å². The Hall–Kier alpha value is -4.07. The van der Waals surface area contributed by atoms with Gasteiger partial charge in [-0.1, -0.05) is 24.3 Å². The second kappa shape index (κ2) is 10.7. The van der Waals surface area contributed by atoms with Gasteiger partial charge in [0.25, 0.3) is 5.91 Å². The zero-order valence-corrected chi connectivity index (χ0v) is 19.8. The van der Waals surface area contributed by atoms with Crippen molar-refractivity contribution >= 4 is 35.5 Å². The molecule has 1 N–H and O–H groups in total. The Morgan fingerprint density at radius 1 is 0.971 bits per heavy atom. The highest BCUT2D eigenvalue weighted by Crippen LogP contribution is 2.24. The number of anilines is 3. The Morgan fingerprint density at radius 2 is 1.71 bits per heavy atom. The average Bonchev–Trinajstić information content (AvgIpc) is 2.86. The number of rotatable bonds is 6. The van der Waals surface area contributed by atoms with Gasteiger partial charge in [-0.3, -0.25) is 4.79 Å². The van der Waals surface area contributed by atoms with Crippen molar-refractivity contribution in [1.82, 2.24) is 24.8 Å². The summed E-state index contributed by atoms with van der Waals surface area (Å²) < 4.78 is 0. The quantitative estimate of drug-likeness (QED) is 0.591. The van der Waals surface area contributed by atoms with Crippen molar-refractivity contribution in [3.05, 3.63) is 77.5 Å². The van der Waals surface area contributed by atoms with Crippen molar-refractivity contribution in [3.8, 4) is 0 Å². The lowest BCUT2D eigenvalue weighted by Crippen LogP contribution is -2.49. The molecule has 0 atom stereocenters. The van der Waals surface area contributed by atoms with Gasteiger partial charge >= 0.3 is 0 Å². The van der Waals surface area contributed by atoms with E-state index in [1.165, 1.54) is 6.33 Å². The van der Waals surface area contributed by atoms with E-state index in [2.05, 4.69) is 30.2 Å². The third-order valence-corrected chi connectivity index (χ3v) is 5.56. The van der Waals surface area contributed by atoms with E-state index in [0.717, 1.165) is 22.5 Å². The molecule has 1 saturated heterocycles. The highest BCUT2D eigenvalue weighted by atomic mass is 16.2. The molecule has 0 radical (unpaired) electrons. The molecular formula is C26H29N7O. The second-order valence-corrected chi connectivity index (χ2v) is 8.07. The number of hydrogen-bond donors (Lipinski definition) is 1. The van der Waals surface area contributed by atoms with Gasteiger partial charge in [-0.2, -0.15) is 0 Å². The van der Waals surface area contributed by atoms with Crippen LogP contribution in [-0.2, 0) is 0 Å². The van der Waals surface area contributed by atoms with Crippen molar-refractivity contribution in [3.63, 3.8) is 0 Å². The topological polar surface area (TPSA) is 87.1 Å². The molecule has 174 valence electrons. The minimum absolute atomic E-state index is 0.0131. The molecule has 3 heterocycles. The monoisotopic (exact) mass is 455 g/mol. The summed E-state index contributed by atoms with van der Waals surface area (Å²) in [4.78, 5) is 34.8. The minimum atomic E-state index is 0.0131. The summed E-state index contributed by atoms with van der Waals surface area (Å²) in [5, 5.41) is 3.36. The van der Waals surface area contributed by atoms with Gasteiger partial charge in [0.2, 0.25) is 5.95 Å². The van der Waals surface area contributed by atoms with Crippen LogP contribution in [0.4, 0.5) is 17.5 Å². The van der Waals surface area contributed by atoms with Gasteiger partial charge in [0.05, 0.1) is 5.69 Å². The summed E-state index contributed by atoms with van der Waals surface area (Å²) in [5.74, 6) is 1.42. The van der Waals surface area contributed by atoms with Crippen LogP contribution in [0.5, 0.6) is 0 Å². The summed E-state index contributed by atoms with van der Waals surface area (Å²) in [6.45, 7) is 8.53. The number of aryl methyl sites for hydroxylation is 1. The summed E-state index contributed by atoms with van der Waals surface area (Å²) in [6.07, 6.45) is 13.0. The Morgan fingerprint density at radius 3 is 2.41 bits per heavy atom. The van der Waals surface area contributed by atoms with Crippen LogP contribution in [0, 0.1) is 6.92 Å². The Labute approximate surface area is 200 Å². The van der Waals surface area contributed by atoms with Crippen molar-refractivity contribution in [2.75, 3.05) is 36.4 Å². The molecule has 0 saturated carbocycles. The van der Waals surface area contributed by atoms with Gasteiger partial charge in [0.15, 0.2) is 0 Å². The second-order valence-electron chi connectivity index (χ2n) is 8.07. The van der Waals surface area contributed by atoms with Crippen LogP contribution in [0.1, 0.15) is 41.0 Å². The van der Waals surface area contributed by atoms with Crippen molar-refractivity contribution < 1.29 is 4.79 Å². The number of benzene rings is 1. The summed E-state index contributed by atoms with van der Waals surface area (Å²) in [6, 6.07) is 7.53. The zero-order chi connectivity index (χ0) is 23.9. The molecule has 0 bridgehead atoms. The predicted molar refractivity (Wildman–Crippen MR) is 136 cm³/mol. The lowest BCUT2D eigenvalue weighted by molar-refractivity contribution is 0.0746. The average molecular weight is 456 g/mol.